The van der Waals surface area contributed by atoms with E-state index in [4.69, 9.17) is 23.9 Å². The van der Waals surface area contributed by atoms with Crippen molar-refractivity contribution in [3.63, 3.8) is 0 Å². The highest BCUT2D eigenvalue weighted by atomic mass is 35.5. The SMILES string of the molecule is [C-]#[N+]c1c(CC)cccc1-c1c(-c2cc(Cl)c3c(c2)C(CN)=NCC3=O)cnn1C. The minimum absolute atomic E-state index is 0.0644. The van der Waals surface area contributed by atoms with E-state index in [0.29, 0.717) is 27.5 Å². The number of aromatic nitrogens is 2. The van der Waals surface area contributed by atoms with Gasteiger partial charge in [-0.15, -0.1) is 0 Å². The van der Waals surface area contributed by atoms with E-state index in [-0.39, 0.29) is 18.9 Å². The van der Waals surface area contributed by atoms with Gasteiger partial charge in [-0.1, -0.05) is 36.7 Å². The van der Waals surface area contributed by atoms with E-state index in [1.807, 2.05) is 38.2 Å². The molecule has 3 aromatic rings. The summed E-state index contributed by atoms with van der Waals surface area (Å²) in [7, 11) is 1.85. The normalized spacial score (nSPS) is 13.0. The van der Waals surface area contributed by atoms with Crippen LogP contribution in [0.4, 0.5) is 5.69 Å². The smallest absolute Gasteiger partial charge is 0.199 e. The Morgan fingerprint density at radius 2 is 2.07 bits per heavy atom. The standard InChI is InChI=1S/C23H20ClN5O/c1-4-13-6-5-7-15(22(13)26-2)23-17(11-28-29(23)3)14-8-16-19(10-25)27-12-20(30)21(16)18(24)9-14/h5-9,11H,4,10,12,25H2,1,3H3. The highest BCUT2D eigenvalue weighted by molar-refractivity contribution is 6.36. The van der Waals surface area contributed by atoms with Crippen LogP contribution in [0.3, 0.4) is 0 Å². The Morgan fingerprint density at radius 1 is 1.27 bits per heavy atom. The Bertz CT molecular complexity index is 1250. The maximum atomic E-state index is 12.4. The lowest BCUT2D eigenvalue weighted by atomic mass is 9.91. The summed E-state index contributed by atoms with van der Waals surface area (Å²) in [6.45, 7) is 10.0. The number of benzene rings is 2. The monoisotopic (exact) mass is 417 g/mol. The lowest BCUT2D eigenvalue weighted by Crippen LogP contribution is -2.25. The lowest BCUT2D eigenvalue weighted by Gasteiger charge is -2.18. The number of aryl methyl sites for hydroxylation is 2. The van der Waals surface area contributed by atoms with Crippen molar-refractivity contribution in [1.29, 1.82) is 0 Å². The third-order valence-electron chi connectivity index (χ3n) is 5.40. The van der Waals surface area contributed by atoms with Gasteiger partial charge in [-0.25, -0.2) is 4.85 Å². The third kappa shape index (κ3) is 3.13. The van der Waals surface area contributed by atoms with Gasteiger partial charge in [0, 0.05) is 35.8 Å². The maximum Gasteiger partial charge on any atom is 0.199 e. The number of aliphatic imine (C=N–C) groups is 1. The number of carbonyl (C=O) groups is 1. The molecule has 0 saturated carbocycles. The topological polar surface area (TPSA) is 77.6 Å². The van der Waals surface area contributed by atoms with Crippen molar-refractivity contribution in [2.24, 2.45) is 17.8 Å². The molecule has 7 heteroatoms. The average molecular weight is 418 g/mol. The fraction of sp³-hybridized carbons (Fsp3) is 0.217. The molecule has 150 valence electrons. The number of hydrogen-bond acceptors (Lipinski definition) is 4. The first-order valence-electron chi connectivity index (χ1n) is 9.62. The summed E-state index contributed by atoms with van der Waals surface area (Å²) in [6, 6.07) is 9.53. The summed E-state index contributed by atoms with van der Waals surface area (Å²) in [5.74, 6) is -0.115. The predicted molar refractivity (Wildman–Crippen MR) is 120 cm³/mol. The average Bonchev–Trinajstić information content (AvgIpc) is 3.14. The van der Waals surface area contributed by atoms with Gasteiger partial charge in [0.1, 0.15) is 6.54 Å². The second-order valence-electron chi connectivity index (χ2n) is 7.08. The van der Waals surface area contributed by atoms with Gasteiger partial charge in [0.25, 0.3) is 0 Å². The molecule has 0 unspecified atom stereocenters. The molecule has 0 bridgehead atoms. The van der Waals surface area contributed by atoms with Crippen molar-refractivity contribution in [1.82, 2.24) is 9.78 Å². The van der Waals surface area contributed by atoms with Crippen LogP contribution in [0.15, 0.2) is 41.5 Å². The molecule has 2 N–H and O–H groups in total. The highest BCUT2D eigenvalue weighted by Crippen LogP contribution is 2.41. The lowest BCUT2D eigenvalue weighted by molar-refractivity contribution is 0.100. The number of rotatable bonds is 4. The van der Waals surface area contributed by atoms with Crippen LogP contribution >= 0.6 is 11.6 Å². The summed E-state index contributed by atoms with van der Waals surface area (Å²) in [5, 5.41) is 4.82. The summed E-state index contributed by atoms with van der Waals surface area (Å²) < 4.78 is 1.76. The van der Waals surface area contributed by atoms with Crippen molar-refractivity contribution < 1.29 is 4.79 Å². The highest BCUT2D eigenvalue weighted by Gasteiger charge is 2.25. The second-order valence-corrected chi connectivity index (χ2v) is 7.49. The largest absolute Gasteiger partial charge is 0.325 e. The van der Waals surface area contributed by atoms with Gasteiger partial charge in [-0.2, -0.15) is 5.10 Å². The second kappa shape index (κ2) is 7.86. The fourth-order valence-corrected chi connectivity index (χ4v) is 4.27. The number of Topliss-reactive ketones (excluding diaryl/α,β-unsaturated/α-hetero) is 1. The molecule has 0 atom stereocenters. The number of ketones is 1. The van der Waals surface area contributed by atoms with Crippen LogP contribution in [0, 0.1) is 6.57 Å². The summed E-state index contributed by atoms with van der Waals surface area (Å²) in [5.41, 5.74) is 12.5. The summed E-state index contributed by atoms with van der Waals surface area (Å²) in [6.07, 6.45) is 2.52. The van der Waals surface area contributed by atoms with Gasteiger partial charge < -0.3 is 5.73 Å². The first kappa shape index (κ1) is 20.0. The number of fused-ring (bicyclic) bond motifs is 1. The Morgan fingerprint density at radius 3 is 2.77 bits per heavy atom. The van der Waals surface area contributed by atoms with Crippen LogP contribution in [-0.4, -0.2) is 34.4 Å². The molecular formula is C23H20ClN5O. The number of para-hydroxylation sites is 1. The quantitative estimate of drug-likeness (QED) is 0.636. The first-order valence-corrected chi connectivity index (χ1v) is 10.0. The van der Waals surface area contributed by atoms with Gasteiger partial charge >= 0.3 is 0 Å². The van der Waals surface area contributed by atoms with Crippen LogP contribution in [0.25, 0.3) is 27.2 Å². The van der Waals surface area contributed by atoms with Gasteiger partial charge in [-0.05, 0) is 29.7 Å². The molecule has 30 heavy (non-hydrogen) atoms. The van der Waals surface area contributed by atoms with E-state index in [0.717, 1.165) is 34.4 Å². The molecule has 0 aliphatic carbocycles. The third-order valence-corrected chi connectivity index (χ3v) is 5.70. The van der Waals surface area contributed by atoms with E-state index >= 15 is 0 Å². The molecule has 0 amide bonds. The van der Waals surface area contributed by atoms with Crippen molar-refractivity contribution in [3.05, 3.63) is 69.7 Å². The van der Waals surface area contributed by atoms with Crippen molar-refractivity contribution in [2.45, 2.75) is 13.3 Å². The molecule has 0 radical (unpaired) electrons. The molecule has 2 heterocycles. The number of carbonyl (C=O) groups excluding carboxylic acids is 1. The number of nitrogens with zero attached hydrogens (tertiary/aromatic N) is 4. The molecule has 1 aliphatic heterocycles. The van der Waals surface area contributed by atoms with Crippen LogP contribution in [0.2, 0.25) is 5.02 Å². The van der Waals surface area contributed by atoms with Crippen LogP contribution < -0.4 is 5.73 Å². The first-order chi connectivity index (χ1) is 14.5. The number of hydrogen-bond donors (Lipinski definition) is 1. The molecule has 4 rings (SSSR count). The van der Waals surface area contributed by atoms with E-state index in [2.05, 4.69) is 14.9 Å². The van der Waals surface area contributed by atoms with Crippen molar-refractivity contribution in [3.8, 4) is 22.4 Å². The number of nitrogens with two attached hydrogens (primary N) is 1. The summed E-state index contributed by atoms with van der Waals surface area (Å²) in [4.78, 5) is 20.5. The molecule has 0 fully saturated rings. The van der Waals surface area contributed by atoms with Gasteiger partial charge in [0.2, 0.25) is 0 Å². The summed E-state index contributed by atoms with van der Waals surface area (Å²) >= 11 is 6.53. The Balaban J connectivity index is 1.97. The minimum Gasteiger partial charge on any atom is -0.325 e. The van der Waals surface area contributed by atoms with E-state index in [9.17, 15) is 4.79 Å². The van der Waals surface area contributed by atoms with Crippen LogP contribution in [-0.2, 0) is 13.5 Å². The minimum atomic E-state index is -0.115. The Kier molecular flexibility index (Phi) is 5.25. The van der Waals surface area contributed by atoms with Crippen molar-refractivity contribution >= 4 is 28.8 Å². The molecular weight excluding hydrogens is 398 g/mol. The molecule has 1 aromatic heterocycles. The van der Waals surface area contributed by atoms with Gasteiger partial charge in [0.05, 0.1) is 29.2 Å². The van der Waals surface area contributed by atoms with Gasteiger partial charge in [0.15, 0.2) is 11.5 Å². The van der Waals surface area contributed by atoms with Crippen LogP contribution in [0.1, 0.15) is 28.4 Å². The fourth-order valence-electron chi connectivity index (χ4n) is 3.95. The van der Waals surface area contributed by atoms with Crippen molar-refractivity contribution in [2.75, 3.05) is 13.1 Å². The van der Waals surface area contributed by atoms with E-state index in [1.54, 1.807) is 16.9 Å². The van der Waals surface area contributed by atoms with E-state index < -0.39 is 0 Å². The predicted octanol–water partition coefficient (Wildman–Crippen LogP) is 4.46. The van der Waals surface area contributed by atoms with Gasteiger partial charge in [-0.3, -0.25) is 14.5 Å². The Labute approximate surface area is 179 Å². The van der Waals surface area contributed by atoms with Crippen LogP contribution in [0.5, 0.6) is 0 Å². The molecule has 0 saturated heterocycles. The molecule has 0 spiro atoms. The zero-order chi connectivity index (χ0) is 21.4. The zero-order valence-corrected chi connectivity index (χ0v) is 17.5. The molecule has 2 aromatic carbocycles. The maximum absolute atomic E-state index is 12.4. The van der Waals surface area contributed by atoms with E-state index in [1.165, 1.54) is 0 Å². The molecule has 6 nitrogen and oxygen atoms in total. The zero-order valence-electron chi connectivity index (χ0n) is 16.7. The number of halogens is 1. The molecule has 1 aliphatic rings. The Hall–Kier alpha value is -3.27.